The Morgan fingerprint density at radius 2 is 1.45 bits per heavy atom. The van der Waals surface area contributed by atoms with Crippen LogP contribution in [0.3, 0.4) is 0 Å². The summed E-state index contributed by atoms with van der Waals surface area (Å²) >= 11 is 0. The van der Waals surface area contributed by atoms with E-state index in [1.165, 1.54) is 100 Å². The van der Waals surface area contributed by atoms with Gasteiger partial charge in [-0.3, -0.25) is 0 Å². The lowest BCUT2D eigenvalue weighted by molar-refractivity contribution is 0.251. The quantitative estimate of drug-likeness (QED) is 0.322. The average molecular weight is 421 g/mol. The third-order valence-electron chi connectivity index (χ3n) is 7.30. The first-order valence-electron chi connectivity index (χ1n) is 13.1. The summed E-state index contributed by atoms with van der Waals surface area (Å²) in [6, 6.07) is 9.08. The van der Waals surface area contributed by atoms with E-state index in [1.807, 2.05) is 0 Å². The fourth-order valence-electron chi connectivity index (χ4n) is 5.25. The summed E-state index contributed by atoms with van der Waals surface area (Å²) in [4.78, 5) is 9.60. The van der Waals surface area contributed by atoms with Gasteiger partial charge < -0.3 is 0 Å². The molecule has 1 aromatic carbocycles. The summed E-state index contributed by atoms with van der Waals surface area (Å²) in [6.07, 6.45) is 20.7. The van der Waals surface area contributed by atoms with Crippen molar-refractivity contribution in [2.24, 2.45) is 11.8 Å². The average Bonchev–Trinajstić information content (AvgIpc) is 2.79. The highest BCUT2D eigenvalue weighted by Gasteiger charge is 2.20. The Labute approximate surface area is 191 Å². The molecule has 2 aromatic rings. The highest BCUT2D eigenvalue weighted by atomic mass is 14.9. The minimum atomic E-state index is 0.881. The van der Waals surface area contributed by atoms with Crippen molar-refractivity contribution >= 4 is 0 Å². The van der Waals surface area contributed by atoms with Gasteiger partial charge in [0.05, 0.1) is 0 Å². The number of hydrogen-bond acceptors (Lipinski definition) is 2. The topological polar surface area (TPSA) is 25.8 Å². The second kappa shape index (κ2) is 13.0. The van der Waals surface area contributed by atoms with E-state index < -0.39 is 0 Å². The molecule has 0 spiro atoms. The normalized spacial score (nSPS) is 18.9. The van der Waals surface area contributed by atoms with E-state index in [0.29, 0.717) is 0 Å². The molecule has 0 saturated heterocycles. The lowest BCUT2D eigenvalue weighted by Crippen LogP contribution is -2.15. The fraction of sp³-hybridized carbons (Fsp3) is 0.655. The van der Waals surface area contributed by atoms with E-state index in [-0.39, 0.29) is 0 Å². The smallest absolute Gasteiger partial charge is 0.128 e. The summed E-state index contributed by atoms with van der Waals surface area (Å²) in [7, 11) is 0. The molecule has 2 nitrogen and oxygen atoms in total. The van der Waals surface area contributed by atoms with Crippen molar-refractivity contribution in [1.82, 2.24) is 9.97 Å². The summed E-state index contributed by atoms with van der Waals surface area (Å²) in [5.41, 5.74) is 4.99. The lowest BCUT2D eigenvalue weighted by Gasteiger charge is -2.28. The second-order valence-electron chi connectivity index (χ2n) is 9.86. The monoisotopic (exact) mass is 420 g/mol. The van der Waals surface area contributed by atoms with Crippen molar-refractivity contribution in [3.05, 3.63) is 47.5 Å². The number of unbranched alkanes of at least 4 members (excludes halogenated alkanes) is 4. The molecule has 0 unspecified atom stereocenters. The maximum absolute atomic E-state index is 4.87. The highest BCUT2D eigenvalue weighted by molar-refractivity contribution is 5.65. The van der Waals surface area contributed by atoms with Crippen LogP contribution in [-0.4, -0.2) is 9.97 Å². The third kappa shape index (κ3) is 7.74. The second-order valence-corrected chi connectivity index (χ2v) is 9.86. The zero-order chi connectivity index (χ0) is 21.9. The van der Waals surface area contributed by atoms with E-state index in [1.54, 1.807) is 0 Å². The lowest BCUT2D eigenvalue weighted by atomic mass is 9.78. The Kier molecular flexibility index (Phi) is 10.0. The molecule has 1 heterocycles. The highest BCUT2D eigenvalue weighted by Crippen LogP contribution is 2.33. The molecule has 1 saturated carbocycles. The van der Waals surface area contributed by atoms with Crippen molar-refractivity contribution in [2.45, 2.75) is 111 Å². The molecule has 1 aromatic heterocycles. The van der Waals surface area contributed by atoms with E-state index in [2.05, 4.69) is 51.2 Å². The maximum Gasteiger partial charge on any atom is 0.128 e. The Bertz CT molecular complexity index is 757. The number of aromatic nitrogens is 2. The van der Waals surface area contributed by atoms with Crippen LogP contribution in [0.15, 0.2) is 30.5 Å². The van der Waals surface area contributed by atoms with Crippen molar-refractivity contribution < 1.29 is 0 Å². The molecule has 0 N–H and O–H groups in total. The van der Waals surface area contributed by atoms with Crippen LogP contribution in [0.4, 0.5) is 0 Å². The van der Waals surface area contributed by atoms with Crippen molar-refractivity contribution in [3.63, 3.8) is 0 Å². The van der Waals surface area contributed by atoms with Crippen LogP contribution in [-0.2, 0) is 12.8 Å². The zero-order valence-electron chi connectivity index (χ0n) is 20.3. The number of rotatable bonds is 12. The van der Waals surface area contributed by atoms with Gasteiger partial charge in [-0.05, 0) is 49.1 Å². The van der Waals surface area contributed by atoms with Crippen LogP contribution in [0.2, 0.25) is 0 Å². The van der Waals surface area contributed by atoms with Crippen LogP contribution in [0, 0.1) is 18.8 Å². The first-order chi connectivity index (χ1) is 15.2. The molecule has 0 aliphatic heterocycles. The molecule has 1 aliphatic carbocycles. The first kappa shape index (κ1) is 24.0. The molecule has 170 valence electrons. The Morgan fingerprint density at radius 1 is 0.774 bits per heavy atom. The van der Waals surface area contributed by atoms with Gasteiger partial charge in [-0.2, -0.15) is 0 Å². The Balaban J connectivity index is 1.48. The summed E-state index contributed by atoms with van der Waals surface area (Å²) in [6.45, 7) is 6.73. The molecular formula is C29H44N2. The van der Waals surface area contributed by atoms with Gasteiger partial charge in [0.15, 0.2) is 0 Å². The van der Waals surface area contributed by atoms with Crippen LogP contribution in [0.5, 0.6) is 0 Å². The minimum absolute atomic E-state index is 0.881. The number of aryl methyl sites for hydroxylation is 3. The summed E-state index contributed by atoms with van der Waals surface area (Å²) in [5, 5.41) is 0. The molecule has 0 atom stereocenters. The van der Waals surface area contributed by atoms with Gasteiger partial charge >= 0.3 is 0 Å². The van der Waals surface area contributed by atoms with Gasteiger partial charge in [-0.1, -0.05) is 102 Å². The fourth-order valence-corrected chi connectivity index (χ4v) is 5.25. The van der Waals surface area contributed by atoms with E-state index in [9.17, 15) is 0 Å². The van der Waals surface area contributed by atoms with Crippen molar-refractivity contribution in [2.75, 3.05) is 0 Å². The molecule has 0 amide bonds. The van der Waals surface area contributed by atoms with Crippen LogP contribution in [0.25, 0.3) is 11.1 Å². The van der Waals surface area contributed by atoms with Gasteiger partial charge in [0.25, 0.3) is 0 Å². The van der Waals surface area contributed by atoms with Crippen molar-refractivity contribution in [3.8, 4) is 11.1 Å². The van der Waals surface area contributed by atoms with Gasteiger partial charge in [0.2, 0.25) is 0 Å². The van der Waals surface area contributed by atoms with Gasteiger partial charge in [-0.15, -0.1) is 0 Å². The van der Waals surface area contributed by atoms with Crippen LogP contribution in [0.1, 0.15) is 108 Å². The van der Waals surface area contributed by atoms with Gasteiger partial charge in [0, 0.05) is 23.9 Å². The Hall–Kier alpha value is -1.70. The van der Waals surface area contributed by atoms with Crippen molar-refractivity contribution in [1.29, 1.82) is 0 Å². The predicted octanol–water partition coefficient (Wildman–Crippen LogP) is 8.50. The third-order valence-corrected chi connectivity index (χ3v) is 7.30. The molecule has 3 rings (SSSR count). The largest absolute Gasteiger partial charge is 0.241 e. The Morgan fingerprint density at radius 3 is 2.10 bits per heavy atom. The van der Waals surface area contributed by atoms with E-state index in [4.69, 9.17) is 9.97 Å². The van der Waals surface area contributed by atoms with Gasteiger partial charge in [0.1, 0.15) is 5.82 Å². The molecule has 0 radical (unpaired) electrons. The van der Waals surface area contributed by atoms with E-state index >= 15 is 0 Å². The zero-order valence-corrected chi connectivity index (χ0v) is 20.3. The number of nitrogens with zero attached hydrogens (tertiary/aromatic N) is 2. The van der Waals surface area contributed by atoms with Crippen LogP contribution < -0.4 is 0 Å². The molecule has 31 heavy (non-hydrogen) atoms. The molecule has 1 fully saturated rings. The van der Waals surface area contributed by atoms with E-state index in [0.717, 1.165) is 29.8 Å². The van der Waals surface area contributed by atoms with Crippen LogP contribution >= 0.6 is 0 Å². The maximum atomic E-state index is 4.87. The predicted molar refractivity (Wildman–Crippen MR) is 133 cm³/mol. The summed E-state index contributed by atoms with van der Waals surface area (Å²) < 4.78 is 0. The standard InChI is InChI=1S/C29H44N2/c1-4-6-7-8-9-11-25-16-19-27(20-17-25)28-22-30-29(31-23(28)3)21-18-26-14-12-24(10-5-2)13-15-26/h16-17,19-20,22,24,26H,4-15,18,21H2,1-3H3/t24-,26-. The number of benzene rings is 1. The molecule has 2 heteroatoms. The molecular weight excluding hydrogens is 376 g/mol. The molecule has 1 aliphatic rings. The number of hydrogen-bond donors (Lipinski definition) is 0. The molecule has 0 bridgehead atoms. The summed E-state index contributed by atoms with van der Waals surface area (Å²) in [5.74, 6) is 2.90. The SMILES string of the molecule is CCCCCCCc1ccc(-c2cnc(CC[C@H]3CC[C@H](CCC)CC3)nc2C)cc1. The van der Waals surface area contributed by atoms with Gasteiger partial charge in [-0.25, -0.2) is 9.97 Å². The minimum Gasteiger partial charge on any atom is -0.241 e. The first-order valence-corrected chi connectivity index (χ1v) is 13.1.